The maximum Gasteiger partial charge on any atom is 0.132 e. The lowest BCUT2D eigenvalue weighted by molar-refractivity contribution is 0.0888. The molecule has 2 atom stereocenters. The third-order valence-corrected chi connectivity index (χ3v) is 6.97. The molecule has 1 heterocycles. The molecule has 9 heteroatoms. The Balaban J connectivity index is 1.59. The van der Waals surface area contributed by atoms with Gasteiger partial charge < -0.3 is 19.7 Å². The lowest BCUT2D eigenvalue weighted by atomic mass is 9.78. The van der Waals surface area contributed by atoms with E-state index in [1.165, 1.54) is 10.2 Å². The van der Waals surface area contributed by atoms with Gasteiger partial charge in [0.25, 0.3) is 0 Å². The van der Waals surface area contributed by atoms with Gasteiger partial charge in [0.15, 0.2) is 0 Å². The largest absolute Gasteiger partial charge is 0.492 e. The number of aliphatic hydroxyl groups is 2. The van der Waals surface area contributed by atoms with E-state index in [0.717, 1.165) is 14.9 Å². The first-order valence-corrected chi connectivity index (χ1v) is 12.7. The van der Waals surface area contributed by atoms with Crippen LogP contribution in [0.5, 0.6) is 11.5 Å². The standard InChI is InChI=1S/C25H31ClIN3O4/c1-17(11-26)15-34-24-9-6-19(10-23(24)27)25(2,3)18-4-7-22(8-5-18)33-16-21(32)13-30-12-20(14-31)28-29-30/h4-10,12,17,21,31-32H,11,13-16H2,1-3H3/t17-,21-/m0/s1. The van der Waals surface area contributed by atoms with Crippen molar-refractivity contribution < 1.29 is 19.7 Å². The van der Waals surface area contributed by atoms with Crippen LogP contribution in [0.3, 0.4) is 0 Å². The highest BCUT2D eigenvalue weighted by Crippen LogP contribution is 2.35. The van der Waals surface area contributed by atoms with Crippen molar-refractivity contribution in [2.45, 2.75) is 45.4 Å². The van der Waals surface area contributed by atoms with Crippen LogP contribution in [0.15, 0.2) is 48.7 Å². The van der Waals surface area contributed by atoms with Gasteiger partial charge >= 0.3 is 0 Å². The van der Waals surface area contributed by atoms with E-state index in [4.69, 9.17) is 26.2 Å². The van der Waals surface area contributed by atoms with Crippen molar-refractivity contribution in [1.82, 2.24) is 15.0 Å². The molecule has 34 heavy (non-hydrogen) atoms. The summed E-state index contributed by atoms with van der Waals surface area (Å²) in [7, 11) is 0. The Labute approximate surface area is 219 Å². The molecular formula is C25H31ClIN3O4. The predicted molar refractivity (Wildman–Crippen MR) is 141 cm³/mol. The van der Waals surface area contributed by atoms with Crippen molar-refractivity contribution in [2.75, 3.05) is 19.1 Å². The monoisotopic (exact) mass is 599 g/mol. The molecule has 184 valence electrons. The van der Waals surface area contributed by atoms with Gasteiger partial charge in [-0.3, -0.25) is 0 Å². The summed E-state index contributed by atoms with van der Waals surface area (Å²) in [6.07, 6.45) is 0.847. The lowest BCUT2D eigenvalue weighted by Crippen LogP contribution is -2.24. The maximum absolute atomic E-state index is 10.2. The molecule has 0 unspecified atom stereocenters. The molecule has 0 radical (unpaired) electrons. The van der Waals surface area contributed by atoms with Gasteiger partial charge in [-0.05, 0) is 58.0 Å². The first kappa shape index (κ1) is 26.7. The molecular weight excluding hydrogens is 569 g/mol. The molecule has 0 spiro atoms. The van der Waals surface area contributed by atoms with E-state index >= 15 is 0 Å². The van der Waals surface area contributed by atoms with Crippen LogP contribution in [-0.2, 0) is 18.6 Å². The molecule has 0 saturated heterocycles. The summed E-state index contributed by atoms with van der Waals surface area (Å²) < 4.78 is 14.2. The second-order valence-corrected chi connectivity index (χ2v) is 10.4. The van der Waals surface area contributed by atoms with Gasteiger partial charge in [-0.1, -0.05) is 44.2 Å². The van der Waals surface area contributed by atoms with E-state index in [9.17, 15) is 5.11 Å². The number of benzene rings is 2. The first-order chi connectivity index (χ1) is 16.2. The zero-order chi connectivity index (χ0) is 24.7. The topological polar surface area (TPSA) is 89.6 Å². The molecule has 3 aromatic rings. The van der Waals surface area contributed by atoms with Gasteiger partial charge in [0.2, 0.25) is 0 Å². The van der Waals surface area contributed by atoms with Gasteiger partial charge in [0.05, 0.1) is 29.5 Å². The average Bonchev–Trinajstić information content (AvgIpc) is 3.29. The van der Waals surface area contributed by atoms with Crippen molar-refractivity contribution in [3.63, 3.8) is 0 Å². The maximum atomic E-state index is 10.2. The van der Waals surface area contributed by atoms with E-state index in [1.807, 2.05) is 30.3 Å². The third kappa shape index (κ3) is 7.07. The summed E-state index contributed by atoms with van der Waals surface area (Å²) in [6, 6.07) is 14.2. The molecule has 0 aliphatic heterocycles. The number of hydrogen-bond donors (Lipinski definition) is 2. The average molecular weight is 600 g/mol. The number of hydrogen-bond acceptors (Lipinski definition) is 6. The second kappa shape index (κ2) is 12.2. The van der Waals surface area contributed by atoms with Gasteiger partial charge in [-0.2, -0.15) is 0 Å². The van der Waals surface area contributed by atoms with Crippen molar-refractivity contribution in [1.29, 1.82) is 0 Å². The quantitative estimate of drug-likeness (QED) is 0.237. The van der Waals surface area contributed by atoms with Gasteiger partial charge in [0.1, 0.15) is 29.9 Å². The molecule has 3 rings (SSSR count). The van der Waals surface area contributed by atoms with Crippen LogP contribution in [0.2, 0.25) is 0 Å². The van der Waals surface area contributed by atoms with Gasteiger partial charge in [-0.25, -0.2) is 4.68 Å². The Morgan fingerprint density at radius 2 is 1.79 bits per heavy atom. The fourth-order valence-corrected chi connectivity index (χ4v) is 4.14. The highest BCUT2D eigenvalue weighted by atomic mass is 127. The van der Waals surface area contributed by atoms with Crippen LogP contribution in [0.25, 0.3) is 0 Å². The van der Waals surface area contributed by atoms with E-state index in [2.05, 4.69) is 65.8 Å². The van der Waals surface area contributed by atoms with Gasteiger partial charge in [-0.15, -0.1) is 16.7 Å². The molecule has 2 aromatic carbocycles. The Morgan fingerprint density at radius 3 is 2.41 bits per heavy atom. The smallest absolute Gasteiger partial charge is 0.132 e. The van der Waals surface area contributed by atoms with E-state index in [1.54, 1.807) is 6.20 Å². The summed E-state index contributed by atoms with van der Waals surface area (Å²) >= 11 is 8.19. The predicted octanol–water partition coefficient (Wildman–Crippen LogP) is 4.39. The lowest BCUT2D eigenvalue weighted by Gasteiger charge is -2.27. The summed E-state index contributed by atoms with van der Waals surface area (Å²) in [5, 5.41) is 26.9. The Bertz CT molecular complexity index is 1060. The number of aliphatic hydroxyl groups excluding tert-OH is 2. The first-order valence-electron chi connectivity index (χ1n) is 11.1. The molecule has 0 bridgehead atoms. The highest BCUT2D eigenvalue weighted by molar-refractivity contribution is 14.1. The van der Waals surface area contributed by atoms with Crippen LogP contribution in [0, 0.1) is 9.49 Å². The van der Waals surface area contributed by atoms with E-state index in [0.29, 0.717) is 29.8 Å². The van der Waals surface area contributed by atoms with Crippen LogP contribution < -0.4 is 9.47 Å². The molecule has 1 aromatic heterocycles. The Morgan fingerprint density at radius 1 is 1.09 bits per heavy atom. The van der Waals surface area contributed by atoms with Crippen molar-refractivity contribution in [2.24, 2.45) is 5.92 Å². The molecule has 2 N–H and O–H groups in total. The van der Waals surface area contributed by atoms with Crippen LogP contribution in [-0.4, -0.2) is 50.4 Å². The summed E-state index contributed by atoms with van der Waals surface area (Å²) in [5.41, 5.74) is 2.59. The minimum absolute atomic E-state index is 0.124. The molecule has 0 aliphatic carbocycles. The summed E-state index contributed by atoms with van der Waals surface area (Å²) in [5.74, 6) is 2.43. The number of alkyl halides is 1. The molecule has 7 nitrogen and oxygen atoms in total. The Kier molecular flexibility index (Phi) is 9.58. The summed E-state index contributed by atoms with van der Waals surface area (Å²) in [4.78, 5) is 0. The van der Waals surface area contributed by atoms with Crippen LogP contribution in [0.4, 0.5) is 0 Å². The Hall–Kier alpha value is -1.88. The molecule has 0 aliphatic rings. The van der Waals surface area contributed by atoms with Gasteiger partial charge in [0, 0.05) is 17.2 Å². The molecule has 0 amide bonds. The van der Waals surface area contributed by atoms with E-state index in [-0.39, 0.29) is 25.2 Å². The number of aromatic nitrogens is 3. The minimum atomic E-state index is -0.750. The zero-order valence-corrected chi connectivity index (χ0v) is 22.5. The summed E-state index contributed by atoms with van der Waals surface area (Å²) in [6.45, 7) is 7.22. The van der Waals surface area contributed by atoms with Crippen LogP contribution in [0.1, 0.15) is 37.6 Å². The van der Waals surface area contributed by atoms with Crippen molar-refractivity contribution in [3.05, 3.63) is 69.1 Å². The van der Waals surface area contributed by atoms with E-state index < -0.39 is 6.10 Å². The molecule has 0 fully saturated rings. The molecule has 0 saturated carbocycles. The minimum Gasteiger partial charge on any atom is -0.492 e. The highest BCUT2D eigenvalue weighted by Gasteiger charge is 2.24. The normalized spacial score (nSPS) is 13.5. The number of halogens is 2. The second-order valence-electron chi connectivity index (χ2n) is 8.92. The number of ether oxygens (including phenoxy) is 2. The fourth-order valence-electron chi connectivity index (χ4n) is 3.38. The zero-order valence-electron chi connectivity index (χ0n) is 19.6. The SMILES string of the molecule is C[C@@H](CCl)COc1ccc(C(C)(C)c2ccc(OC[C@@H](O)Cn3cc(CO)nn3)cc2)cc1I. The third-order valence-electron chi connectivity index (χ3n) is 5.60. The van der Waals surface area contributed by atoms with Crippen molar-refractivity contribution >= 4 is 34.2 Å². The van der Waals surface area contributed by atoms with Crippen molar-refractivity contribution in [3.8, 4) is 11.5 Å². The van der Waals surface area contributed by atoms with Crippen LogP contribution >= 0.6 is 34.2 Å². The number of rotatable bonds is 12. The number of nitrogens with zero attached hydrogens (tertiary/aromatic N) is 3. The fraction of sp³-hybridized carbons (Fsp3) is 0.440.